The van der Waals surface area contributed by atoms with E-state index in [1.54, 1.807) is 48.5 Å². The number of nitroso groups, excluding NO2 is 1. The fraction of sp³-hybridized carbons (Fsp3) is 0.0625. The lowest BCUT2D eigenvalue weighted by molar-refractivity contribution is -0.384. The Hall–Kier alpha value is -3.15. The van der Waals surface area contributed by atoms with Gasteiger partial charge >= 0.3 is 5.69 Å². The summed E-state index contributed by atoms with van der Waals surface area (Å²) in [6.45, 7) is 0. The Morgan fingerprint density at radius 2 is 1.82 bits per heavy atom. The summed E-state index contributed by atoms with van der Waals surface area (Å²) in [4.78, 5) is 26.4. The van der Waals surface area contributed by atoms with E-state index < -0.39 is 11.0 Å². The number of nitro benzene ring substituents is 1. The molecule has 0 spiro atoms. The predicted octanol–water partition coefficient (Wildman–Crippen LogP) is 4.00. The first-order valence-electron chi connectivity index (χ1n) is 6.62. The topological polar surface area (TPSA) is 85.5 Å². The lowest BCUT2D eigenvalue weighted by atomic mass is 9.96. The van der Waals surface area contributed by atoms with Gasteiger partial charge in [0.05, 0.1) is 10.5 Å². The summed E-state index contributed by atoms with van der Waals surface area (Å²) in [6, 6.07) is 14.6. The van der Waals surface area contributed by atoms with Gasteiger partial charge in [0.2, 0.25) is 0 Å². The van der Waals surface area contributed by atoms with Crippen LogP contribution in [0.1, 0.15) is 17.2 Å². The number of rotatable bonds is 4. The highest BCUT2D eigenvalue weighted by molar-refractivity contribution is 5.89. The van der Waals surface area contributed by atoms with E-state index in [-0.39, 0.29) is 16.8 Å². The molecule has 6 nitrogen and oxygen atoms in total. The van der Waals surface area contributed by atoms with E-state index in [0.29, 0.717) is 10.9 Å². The molecule has 1 unspecified atom stereocenters. The van der Waals surface area contributed by atoms with Gasteiger partial charge in [0.1, 0.15) is 11.6 Å². The average Bonchev–Trinajstić information content (AvgIpc) is 2.56. The van der Waals surface area contributed by atoms with Crippen LogP contribution in [0, 0.1) is 15.0 Å². The molecule has 1 aromatic heterocycles. The molecule has 0 aliphatic heterocycles. The van der Waals surface area contributed by atoms with E-state index in [2.05, 4.69) is 10.2 Å². The van der Waals surface area contributed by atoms with Gasteiger partial charge in [-0.05, 0) is 17.7 Å². The highest BCUT2D eigenvalue weighted by Crippen LogP contribution is 2.36. The SMILES string of the molecule is O=NC(c1ccccc1)c1ccc2cccnc2c1[N+](=O)[O-]. The zero-order chi connectivity index (χ0) is 15.5. The molecule has 1 atom stereocenters. The standard InChI is InChI=1S/C16H11N3O3/c20-18-14(11-5-2-1-3-6-11)13-9-8-12-7-4-10-17-15(12)16(13)19(21)22/h1-10,14H. The van der Waals surface area contributed by atoms with Crippen molar-refractivity contribution >= 4 is 16.6 Å². The van der Waals surface area contributed by atoms with Gasteiger partial charge in [-0.2, -0.15) is 0 Å². The van der Waals surface area contributed by atoms with Gasteiger partial charge < -0.3 is 0 Å². The zero-order valence-electron chi connectivity index (χ0n) is 11.4. The van der Waals surface area contributed by atoms with Gasteiger partial charge in [0, 0.05) is 11.6 Å². The van der Waals surface area contributed by atoms with Gasteiger partial charge in [0.15, 0.2) is 0 Å². The lowest BCUT2D eigenvalue weighted by Crippen LogP contribution is -2.03. The van der Waals surface area contributed by atoms with E-state index in [4.69, 9.17) is 0 Å². The number of benzene rings is 2. The van der Waals surface area contributed by atoms with E-state index in [1.807, 2.05) is 6.07 Å². The third-order valence-electron chi connectivity index (χ3n) is 3.48. The van der Waals surface area contributed by atoms with Crippen molar-refractivity contribution in [3.05, 3.63) is 86.9 Å². The number of nitrogens with zero attached hydrogens (tertiary/aromatic N) is 3. The Balaban J connectivity index is 2.28. The molecular formula is C16H11N3O3. The number of fused-ring (bicyclic) bond motifs is 1. The van der Waals surface area contributed by atoms with Crippen LogP contribution in [0.25, 0.3) is 10.9 Å². The maximum absolute atomic E-state index is 11.5. The summed E-state index contributed by atoms with van der Waals surface area (Å²) in [5.41, 5.74) is 0.939. The third-order valence-corrected chi connectivity index (χ3v) is 3.48. The maximum Gasteiger partial charge on any atom is 0.301 e. The number of aromatic nitrogens is 1. The van der Waals surface area contributed by atoms with Crippen molar-refractivity contribution in [2.45, 2.75) is 6.04 Å². The van der Waals surface area contributed by atoms with E-state index in [1.165, 1.54) is 6.20 Å². The first-order valence-corrected chi connectivity index (χ1v) is 6.62. The van der Waals surface area contributed by atoms with Crippen molar-refractivity contribution in [2.24, 2.45) is 5.18 Å². The molecule has 1 heterocycles. The highest BCUT2D eigenvalue weighted by Gasteiger charge is 2.27. The smallest absolute Gasteiger partial charge is 0.258 e. The van der Waals surface area contributed by atoms with Crippen LogP contribution in [0.5, 0.6) is 0 Å². The van der Waals surface area contributed by atoms with E-state index in [0.717, 1.165) is 0 Å². The molecule has 0 bridgehead atoms. The van der Waals surface area contributed by atoms with Gasteiger partial charge in [-0.25, -0.2) is 4.98 Å². The summed E-state index contributed by atoms with van der Waals surface area (Å²) in [6.07, 6.45) is 1.49. The van der Waals surface area contributed by atoms with Crippen molar-refractivity contribution in [1.29, 1.82) is 0 Å². The Kier molecular flexibility index (Phi) is 3.57. The minimum atomic E-state index is -0.937. The fourth-order valence-corrected chi connectivity index (χ4v) is 2.49. The molecule has 0 aliphatic carbocycles. The minimum absolute atomic E-state index is 0.174. The molecule has 0 saturated heterocycles. The maximum atomic E-state index is 11.5. The Labute approximate surface area is 125 Å². The predicted molar refractivity (Wildman–Crippen MR) is 82.5 cm³/mol. The van der Waals surface area contributed by atoms with Crippen LogP contribution < -0.4 is 0 Å². The largest absolute Gasteiger partial charge is 0.301 e. The van der Waals surface area contributed by atoms with Crippen molar-refractivity contribution < 1.29 is 4.92 Å². The molecule has 2 aromatic carbocycles. The molecule has 0 N–H and O–H groups in total. The molecule has 0 radical (unpaired) electrons. The number of nitro groups is 1. The van der Waals surface area contributed by atoms with Crippen LogP contribution in [0.3, 0.4) is 0 Å². The Morgan fingerprint density at radius 3 is 2.50 bits per heavy atom. The quantitative estimate of drug-likeness (QED) is 0.413. The van der Waals surface area contributed by atoms with Crippen molar-refractivity contribution in [1.82, 2.24) is 4.98 Å². The van der Waals surface area contributed by atoms with Gasteiger partial charge in [-0.15, -0.1) is 4.91 Å². The van der Waals surface area contributed by atoms with Gasteiger partial charge in [0.25, 0.3) is 0 Å². The molecule has 22 heavy (non-hydrogen) atoms. The van der Waals surface area contributed by atoms with Gasteiger partial charge in [-0.1, -0.05) is 47.6 Å². The first kappa shape index (κ1) is 13.8. The molecule has 0 fully saturated rings. The monoisotopic (exact) mass is 293 g/mol. The highest BCUT2D eigenvalue weighted by atomic mass is 16.6. The molecule has 0 saturated carbocycles. The van der Waals surface area contributed by atoms with Gasteiger partial charge in [-0.3, -0.25) is 10.1 Å². The Morgan fingerprint density at radius 1 is 1.05 bits per heavy atom. The molecule has 3 aromatic rings. The average molecular weight is 293 g/mol. The third kappa shape index (κ3) is 2.31. The molecule has 0 aliphatic rings. The van der Waals surface area contributed by atoms with Crippen LogP contribution >= 0.6 is 0 Å². The molecule has 108 valence electrons. The van der Waals surface area contributed by atoms with E-state index in [9.17, 15) is 15.0 Å². The van der Waals surface area contributed by atoms with Crippen LogP contribution in [-0.2, 0) is 0 Å². The van der Waals surface area contributed by atoms with Crippen LogP contribution in [0.15, 0.2) is 66.0 Å². The molecule has 6 heteroatoms. The van der Waals surface area contributed by atoms with Crippen LogP contribution in [-0.4, -0.2) is 9.91 Å². The molecule has 3 rings (SSSR count). The van der Waals surface area contributed by atoms with Crippen LogP contribution in [0.2, 0.25) is 0 Å². The second-order valence-electron chi connectivity index (χ2n) is 4.75. The lowest BCUT2D eigenvalue weighted by Gasteiger charge is -2.11. The van der Waals surface area contributed by atoms with Crippen molar-refractivity contribution in [3.63, 3.8) is 0 Å². The minimum Gasteiger partial charge on any atom is -0.258 e. The summed E-state index contributed by atoms with van der Waals surface area (Å²) >= 11 is 0. The summed E-state index contributed by atoms with van der Waals surface area (Å²) < 4.78 is 0. The van der Waals surface area contributed by atoms with Crippen LogP contribution in [0.4, 0.5) is 5.69 Å². The molecular weight excluding hydrogens is 282 g/mol. The number of hydrogen-bond acceptors (Lipinski definition) is 5. The normalized spacial score (nSPS) is 12.0. The summed E-state index contributed by atoms with van der Waals surface area (Å²) in [5.74, 6) is 0. The van der Waals surface area contributed by atoms with E-state index >= 15 is 0 Å². The summed E-state index contributed by atoms with van der Waals surface area (Å²) in [7, 11) is 0. The second-order valence-corrected chi connectivity index (χ2v) is 4.75. The second kappa shape index (κ2) is 5.69. The number of pyridine rings is 1. The first-order chi connectivity index (χ1) is 10.7. The zero-order valence-corrected chi connectivity index (χ0v) is 11.4. The Bertz CT molecular complexity index is 850. The summed E-state index contributed by atoms with van der Waals surface area (Å²) in [5, 5.41) is 15.3. The van der Waals surface area contributed by atoms with Crippen molar-refractivity contribution in [3.8, 4) is 0 Å². The fourth-order valence-electron chi connectivity index (χ4n) is 2.49. The van der Waals surface area contributed by atoms with Crippen molar-refractivity contribution in [2.75, 3.05) is 0 Å². The number of hydrogen-bond donors (Lipinski definition) is 0. The molecule has 0 amide bonds.